The molecule has 1 saturated heterocycles. The second-order valence-corrected chi connectivity index (χ2v) is 4.81. The largest absolute Gasteiger partial charge is 0.496 e. The normalized spacial score (nSPS) is 25.8. The van der Waals surface area contributed by atoms with Crippen LogP contribution in [0.25, 0.3) is 0 Å². The predicted octanol–water partition coefficient (Wildman–Crippen LogP) is 2.04. The van der Waals surface area contributed by atoms with Crippen molar-refractivity contribution in [3.63, 3.8) is 0 Å². The molecule has 1 aliphatic heterocycles. The summed E-state index contributed by atoms with van der Waals surface area (Å²) in [5.74, 6) is 1.51. The summed E-state index contributed by atoms with van der Waals surface area (Å²) in [6.45, 7) is 1.88. The SMILES string of the molecule is COc1ccccc1C1C(CN)CCCN1C. The van der Waals surface area contributed by atoms with Gasteiger partial charge in [0.2, 0.25) is 0 Å². The number of methoxy groups -OCH3 is 1. The van der Waals surface area contributed by atoms with E-state index in [1.165, 1.54) is 18.4 Å². The zero-order chi connectivity index (χ0) is 12.3. The second-order valence-electron chi connectivity index (χ2n) is 4.81. The van der Waals surface area contributed by atoms with E-state index in [1.54, 1.807) is 7.11 Å². The summed E-state index contributed by atoms with van der Waals surface area (Å²) in [5.41, 5.74) is 7.19. The Bertz CT molecular complexity index is 367. The van der Waals surface area contributed by atoms with Crippen molar-refractivity contribution in [3.05, 3.63) is 29.8 Å². The lowest BCUT2D eigenvalue weighted by molar-refractivity contribution is 0.123. The molecule has 1 heterocycles. The number of hydrogen-bond donors (Lipinski definition) is 1. The molecule has 94 valence electrons. The fraction of sp³-hybridized carbons (Fsp3) is 0.571. The third-order valence-electron chi connectivity index (χ3n) is 3.77. The molecule has 0 amide bonds. The molecule has 0 saturated carbocycles. The van der Waals surface area contributed by atoms with Crippen LogP contribution in [0.4, 0.5) is 0 Å². The fourth-order valence-corrected chi connectivity index (χ4v) is 2.91. The molecule has 17 heavy (non-hydrogen) atoms. The van der Waals surface area contributed by atoms with Gasteiger partial charge in [0.15, 0.2) is 0 Å². The van der Waals surface area contributed by atoms with E-state index in [0.717, 1.165) is 18.8 Å². The molecule has 1 fully saturated rings. The van der Waals surface area contributed by atoms with Gasteiger partial charge in [-0.15, -0.1) is 0 Å². The van der Waals surface area contributed by atoms with Gasteiger partial charge in [0, 0.05) is 11.6 Å². The maximum Gasteiger partial charge on any atom is 0.123 e. The van der Waals surface area contributed by atoms with Crippen molar-refractivity contribution in [1.29, 1.82) is 0 Å². The molecule has 1 aromatic carbocycles. The average molecular weight is 234 g/mol. The minimum absolute atomic E-state index is 0.393. The first-order chi connectivity index (χ1) is 8.27. The van der Waals surface area contributed by atoms with E-state index in [2.05, 4.69) is 24.1 Å². The molecular weight excluding hydrogens is 212 g/mol. The highest BCUT2D eigenvalue weighted by molar-refractivity contribution is 5.36. The Labute approximate surface area is 104 Å². The maximum absolute atomic E-state index is 5.92. The van der Waals surface area contributed by atoms with Gasteiger partial charge in [-0.2, -0.15) is 0 Å². The summed E-state index contributed by atoms with van der Waals surface area (Å²) < 4.78 is 5.47. The first-order valence-corrected chi connectivity index (χ1v) is 6.31. The van der Waals surface area contributed by atoms with Crippen LogP contribution in [0.5, 0.6) is 5.75 Å². The standard InChI is InChI=1S/C14H22N2O/c1-16-9-5-6-11(10-15)14(16)12-7-3-4-8-13(12)17-2/h3-4,7-8,11,14H,5-6,9-10,15H2,1-2H3. The topological polar surface area (TPSA) is 38.5 Å². The van der Waals surface area contributed by atoms with Crippen LogP contribution in [-0.4, -0.2) is 32.1 Å². The molecule has 0 aliphatic carbocycles. The van der Waals surface area contributed by atoms with E-state index in [4.69, 9.17) is 10.5 Å². The van der Waals surface area contributed by atoms with Gasteiger partial charge in [-0.05, 0) is 45.0 Å². The Morgan fingerprint density at radius 2 is 2.18 bits per heavy atom. The van der Waals surface area contributed by atoms with Crippen LogP contribution in [0.15, 0.2) is 24.3 Å². The molecule has 2 atom stereocenters. The van der Waals surface area contributed by atoms with Crippen LogP contribution in [0.3, 0.4) is 0 Å². The highest BCUT2D eigenvalue weighted by Crippen LogP contribution is 2.38. The van der Waals surface area contributed by atoms with Gasteiger partial charge in [0.1, 0.15) is 5.75 Å². The average Bonchev–Trinajstić information content (AvgIpc) is 2.38. The number of ether oxygens (including phenoxy) is 1. The van der Waals surface area contributed by atoms with E-state index >= 15 is 0 Å². The molecule has 2 unspecified atom stereocenters. The zero-order valence-corrected chi connectivity index (χ0v) is 10.7. The minimum atomic E-state index is 0.393. The van der Waals surface area contributed by atoms with Gasteiger partial charge in [-0.1, -0.05) is 18.2 Å². The van der Waals surface area contributed by atoms with E-state index in [0.29, 0.717) is 12.0 Å². The molecule has 2 rings (SSSR count). The molecule has 3 nitrogen and oxygen atoms in total. The van der Waals surface area contributed by atoms with Gasteiger partial charge in [-0.25, -0.2) is 0 Å². The molecule has 0 radical (unpaired) electrons. The molecule has 1 aliphatic rings. The molecular formula is C14H22N2O. The number of nitrogens with zero attached hydrogens (tertiary/aromatic N) is 1. The lowest BCUT2D eigenvalue weighted by atomic mass is 9.84. The lowest BCUT2D eigenvalue weighted by Gasteiger charge is -2.39. The Kier molecular flexibility index (Phi) is 4.02. The number of piperidine rings is 1. The van der Waals surface area contributed by atoms with Gasteiger partial charge < -0.3 is 10.5 Å². The van der Waals surface area contributed by atoms with Crippen molar-refractivity contribution in [2.24, 2.45) is 11.7 Å². The Balaban J connectivity index is 2.34. The quantitative estimate of drug-likeness (QED) is 0.869. The first kappa shape index (κ1) is 12.4. The predicted molar refractivity (Wildman–Crippen MR) is 70.1 cm³/mol. The van der Waals surface area contributed by atoms with Crippen molar-refractivity contribution in [2.75, 3.05) is 27.2 Å². The van der Waals surface area contributed by atoms with E-state index in [1.807, 2.05) is 12.1 Å². The van der Waals surface area contributed by atoms with E-state index in [-0.39, 0.29) is 0 Å². The van der Waals surface area contributed by atoms with Crippen molar-refractivity contribution in [3.8, 4) is 5.75 Å². The summed E-state index contributed by atoms with van der Waals surface area (Å²) in [6.07, 6.45) is 2.45. The second kappa shape index (κ2) is 5.52. The summed E-state index contributed by atoms with van der Waals surface area (Å²) in [4.78, 5) is 2.40. The van der Waals surface area contributed by atoms with Crippen LogP contribution in [0.1, 0.15) is 24.4 Å². The summed E-state index contributed by atoms with van der Waals surface area (Å²) in [6, 6.07) is 8.68. The Morgan fingerprint density at radius 1 is 1.41 bits per heavy atom. The smallest absolute Gasteiger partial charge is 0.123 e. The molecule has 0 spiro atoms. The lowest BCUT2D eigenvalue weighted by Crippen LogP contribution is -2.39. The van der Waals surface area contributed by atoms with Crippen molar-refractivity contribution in [1.82, 2.24) is 4.90 Å². The monoisotopic (exact) mass is 234 g/mol. The molecule has 0 aromatic heterocycles. The van der Waals surface area contributed by atoms with Crippen LogP contribution in [0.2, 0.25) is 0 Å². The number of benzene rings is 1. The number of hydrogen-bond acceptors (Lipinski definition) is 3. The molecule has 2 N–H and O–H groups in total. The Morgan fingerprint density at radius 3 is 2.88 bits per heavy atom. The molecule has 1 aromatic rings. The van der Waals surface area contributed by atoms with Gasteiger partial charge in [0.05, 0.1) is 7.11 Å². The van der Waals surface area contributed by atoms with Gasteiger partial charge in [0.25, 0.3) is 0 Å². The van der Waals surface area contributed by atoms with E-state index in [9.17, 15) is 0 Å². The zero-order valence-electron chi connectivity index (χ0n) is 10.7. The van der Waals surface area contributed by atoms with Crippen molar-refractivity contribution in [2.45, 2.75) is 18.9 Å². The number of likely N-dealkylation sites (tertiary alicyclic amines) is 1. The highest BCUT2D eigenvalue weighted by Gasteiger charge is 2.31. The highest BCUT2D eigenvalue weighted by atomic mass is 16.5. The summed E-state index contributed by atoms with van der Waals surface area (Å²) in [5, 5.41) is 0. The van der Waals surface area contributed by atoms with E-state index < -0.39 is 0 Å². The fourth-order valence-electron chi connectivity index (χ4n) is 2.91. The van der Waals surface area contributed by atoms with Crippen molar-refractivity contribution < 1.29 is 4.74 Å². The third kappa shape index (κ3) is 2.45. The third-order valence-corrected chi connectivity index (χ3v) is 3.77. The number of para-hydroxylation sites is 1. The maximum atomic E-state index is 5.92. The molecule has 3 heteroatoms. The molecule has 0 bridgehead atoms. The minimum Gasteiger partial charge on any atom is -0.496 e. The van der Waals surface area contributed by atoms with Crippen LogP contribution in [0, 0.1) is 5.92 Å². The first-order valence-electron chi connectivity index (χ1n) is 6.31. The van der Waals surface area contributed by atoms with Crippen LogP contribution >= 0.6 is 0 Å². The van der Waals surface area contributed by atoms with Crippen molar-refractivity contribution >= 4 is 0 Å². The van der Waals surface area contributed by atoms with Crippen LogP contribution in [-0.2, 0) is 0 Å². The summed E-state index contributed by atoms with van der Waals surface area (Å²) in [7, 11) is 3.91. The number of nitrogens with two attached hydrogens (primary N) is 1. The van der Waals surface area contributed by atoms with Gasteiger partial charge in [-0.3, -0.25) is 4.90 Å². The van der Waals surface area contributed by atoms with Crippen LogP contribution < -0.4 is 10.5 Å². The summed E-state index contributed by atoms with van der Waals surface area (Å²) >= 11 is 0. The Hall–Kier alpha value is -1.06. The number of rotatable bonds is 3. The van der Waals surface area contributed by atoms with Gasteiger partial charge >= 0.3 is 0 Å².